The van der Waals surface area contributed by atoms with Gasteiger partial charge in [-0.15, -0.1) is 10.2 Å². The highest BCUT2D eigenvalue weighted by Gasteiger charge is 2.16. The minimum atomic E-state index is 0.556. The Balaban J connectivity index is 1.90. The maximum atomic E-state index is 4.16. The summed E-state index contributed by atoms with van der Waals surface area (Å²) < 4.78 is 0. The quantitative estimate of drug-likeness (QED) is 0.657. The Bertz CT molecular complexity index is 296. The van der Waals surface area contributed by atoms with E-state index in [-0.39, 0.29) is 0 Å². The monoisotopic (exact) mass is 196 g/mol. The lowest BCUT2D eigenvalue weighted by molar-refractivity contribution is 0.195. The summed E-state index contributed by atoms with van der Waals surface area (Å²) in [6.45, 7) is 6.15. The second-order valence-corrected chi connectivity index (χ2v) is 3.79. The Labute approximate surface area is 83.3 Å². The van der Waals surface area contributed by atoms with E-state index in [9.17, 15) is 0 Å². The Hall–Kier alpha value is -1.01. The standard InChI is InChI=1S/C8H16N6/c1-7-5-14(4-3-9-7)6-8-10-12-13(2)11-8/h7,9H,3-6H2,1-2H3. The molecule has 0 radical (unpaired) electrons. The van der Waals surface area contributed by atoms with Crippen LogP contribution in [-0.2, 0) is 13.6 Å². The molecule has 6 heteroatoms. The molecule has 0 aromatic carbocycles. The zero-order chi connectivity index (χ0) is 9.97. The smallest absolute Gasteiger partial charge is 0.188 e. The molecule has 1 fully saturated rings. The van der Waals surface area contributed by atoms with Gasteiger partial charge in [-0.2, -0.15) is 4.80 Å². The van der Waals surface area contributed by atoms with Crippen molar-refractivity contribution in [3.8, 4) is 0 Å². The summed E-state index contributed by atoms with van der Waals surface area (Å²) in [7, 11) is 1.79. The van der Waals surface area contributed by atoms with Gasteiger partial charge in [-0.05, 0) is 12.1 Å². The van der Waals surface area contributed by atoms with E-state index in [0.29, 0.717) is 6.04 Å². The molecule has 1 aromatic heterocycles. The highest BCUT2D eigenvalue weighted by molar-refractivity contribution is 4.81. The van der Waals surface area contributed by atoms with Crippen molar-refractivity contribution in [3.05, 3.63) is 5.82 Å². The van der Waals surface area contributed by atoms with Gasteiger partial charge in [-0.3, -0.25) is 4.90 Å². The first-order chi connectivity index (χ1) is 6.74. The van der Waals surface area contributed by atoms with Crippen LogP contribution in [0.1, 0.15) is 12.7 Å². The first-order valence-corrected chi connectivity index (χ1v) is 4.92. The average molecular weight is 196 g/mol. The minimum absolute atomic E-state index is 0.556. The summed E-state index contributed by atoms with van der Waals surface area (Å²) in [6.07, 6.45) is 0. The summed E-state index contributed by atoms with van der Waals surface area (Å²) >= 11 is 0. The highest BCUT2D eigenvalue weighted by Crippen LogP contribution is 2.02. The van der Waals surface area contributed by atoms with Crippen LogP contribution in [0.25, 0.3) is 0 Å². The fraction of sp³-hybridized carbons (Fsp3) is 0.875. The van der Waals surface area contributed by atoms with Gasteiger partial charge in [0.25, 0.3) is 0 Å². The molecule has 0 aliphatic carbocycles. The Morgan fingerprint density at radius 3 is 3.07 bits per heavy atom. The normalized spacial score (nSPS) is 24.0. The molecule has 1 aliphatic rings. The van der Waals surface area contributed by atoms with Crippen molar-refractivity contribution >= 4 is 0 Å². The van der Waals surface area contributed by atoms with Crippen LogP contribution in [0.15, 0.2) is 0 Å². The van der Waals surface area contributed by atoms with Crippen LogP contribution < -0.4 is 5.32 Å². The summed E-state index contributed by atoms with van der Waals surface area (Å²) in [5, 5.41) is 15.4. The van der Waals surface area contributed by atoms with Crippen molar-refractivity contribution in [2.45, 2.75) is 19.5 Å². The molecule has 78 valence electrons. The van der Waals surface area contributed by atoms with Crippen molar-refractivity contribution in [3.63, 3.8) is 0 Å². The van der Waals surface area contributed by atoms with Crippen LogP contribution in [0.2, 0.25) is 0 Å². The topological polar surface area (TPSA) is 58.9 Å². The van der Waals surface area contributed by atoms with Crippen LogP contribution in [0.3, 0.4) is 0 Å². The number of piperazine rings is 1. The van der Waals surface area contributed by atoms with Gasteiger partial charge in [0.1, 0.15) is 0 Å². The SMILES string of the molecule is CC1CN(Cc2nnn(C)n2)CCN1. The predicted octanol–water partition coefficient (Wildman–Crippen LogP) is -0.996. The third-order valence-electron chi connectivity index (χ3n) is 2.37. The van der Waals surface area contributed by atoms with Gasteiger partial charge < -0.3 is 5.32 Å². The largest absolute Gasteiger partial charge is 0.312 e. The molecule has 0 amide bonds. The predicted molar refractivity (Wildman–Crippen MR) is 51.5 cm³/mol. The van der Waals surface area contributed by atoms with E-state index >= 15 is 0 Å². The fourth-order valence-electron chi connectivity index (χ4n) is 1.74. The maximum absolute atomic E-state index is 4.16. The summed E-state index contributed by atoms with van der Waals surface area (Å²) in [6, 6.07) is 0.556. The molecule has 6 nitrogen and oxygen atoms in total. The van der Waals surface area contributed by atoms with E-state index in [1.807, 2.05) is 0 Å². The second kappa shape index (κ2) is 4.02. The summed E-state index contributed by atoms with van der Waals surface area (Å²) in [5.41, 5.74) is 0. The van der Waals surface area contributed by atoms with E-state index in [4.69, 9.17) is 0 Å². The lowest BCUT2D eigenvalue weighted by atomic mass is 10.2. The Kier molecular flexibility index (Phi) is 2.74. The first kappa shape index (κ1) is 9.54. The van der Waals surface area contributed by atoms with E-state index < -0.39 is 0 Å². The number of hydrogen-bond acceptors (Lipinski definition) is 5. The van der Waals surface area contributed by atoms with Crippen molar-refractivity contribution in [2.75, 3.05) is 19.6 Å². The third-order valence-corrected chi connectivity index (χ3v) is 2.37. The van der Waals surface area contributed by atoms with E-state index in [2.05, 4.69) is 32.6 Å². The zero-order valence-corrected chi connectivity index (χ0v) is 8.64. The average Bonchev–Trinajstić information content (AvgIpc) is 2.51. The van der Waals surface area contributed by atoms with Gasteiger partial charge >= 0.3 is 0 Å². The van der Waals surface area contributed by atoms with Gasteiger partial charge in [0.15, 0.2) is 5.82 Å². The van der Waals surface area contributed by atoms with Gasteiger partial charge in [-0.1, -0.05) is 0 Å². The molecule has 0 spiro atoms. The van der Waals surface area contributed by atoms with E-state index in [0.717, 1.165) is 32.0 Å². The van der Waals surface area contributed by atoms with Crippen molar-refractivity contribution in [2.24, 2.45) is 7.05 Å². The van der Waals surface area contributed by atoms with Gasteiger partial charge in [-0.25, -0.2) is 0 Å². The number of nitrogens with one attached hydrogen (secondary N) is 1. The lowest BCUT2D eigenvalue weighted by Crippen LogP contribution is -2.48. The first-order valence-electron chi connectivity index (χ1n) is 4.92. The van der Waals surface area contributed by atoms with E-state index in [1.165, 1.54) is 4.80 Å². The molecular formula is C8H16N6. The number of hydrogen-bond donors (Lipinski definition) is 1. The molecule has 1 saturated heterocycles. The minimum Gasteiger partial charge on any atom is -0.312 e. The third kappa shape index (κ3) is 2.27. The Morgan fingerprint density at radius 2 is 2.43 bits per heavy atom. The van der Waals surface area contributed by atoms with Crippen molar-refractivity contribution in [1.82, 2.24) is 30.4 Å². The van der Waals surface area contributed by atoms with Crippen LogP contribution in [-0.4, -0.2) is 50.8 Å². The number of rotatable bonds is 2. The molecule has 0 bridgehead atoms. The van der Waals surface area contributed by atoms with Gasteiger partial charge in [0, 0.05) is 25.7 Å². The van der Waals surface area contributed by atoms with Crippen molar-refractivity contribution in [1.29, 1.82) is 0 Å². The van der Waals surface area contributed by atoms with Gasteiger partial charge in [0.05, 0.1) is 13.6 Å². The molecule has 1 atom stereocenters. The van der Waals surface area contributed by atoms with Crippen LogP contribution in [0.5, 0.6) is 0 Å². The number of aromatic nitrogens is 4. The summed E-state index contributed by atoms with van der Waals surface area (Å²) in [4.78, 5) is 3.85. The number of aryl methyl sites for hydroxylation is 1. The molecule has 0 saturated carbocycles. The molecule has 2 rings (SSSR count). The molecule has 2 heterocycles. The molecule has 14 heavy (non-hydrogen) atoms. The second-order valence-electron chi connectivity index (χ2n) is 3.79. The molecule has 1 N–H and O–H groups in total. The number of tetrazole rings is 1. The molecule has 1 unspecified atom stereocenters. The molecular weight excluding hydrogens is 180 g/mol. The number of nitrogens with zero attached hydrogens (tertiary/aromatic N) is 5. The maximum Gasteiger partial charge on any atom is 0.188 e. The Morgan fingerprint density at radius 1 is 1.57 bits per heavy atom. The zero-order valence-electron chi connectivity index (χ0n) is 8.64. The fourth-order valence-corrected chi connectivity index (χ4v) is 1.74. The highest BCUT2D eigenvalue weighted by atomic mass is 15.6. The van der Waals surface area contributed by atoms with E-state index in [1.54, 1.807) is 7.05 Å². The molecule has 1 aliphatic heterocycles. The van der Waals surface area contributed by atoms with Gasteiger partial charge in [0.2, 0.25) is 0 Å². The molecule has 1 aromatic rings. The lowest BCUT2D eigenvalue weighted by Gasteiger charge is -2.30. The van der Waals surface area contributed by atoms with Crippen LogP contribution >= 0.6 is 0 Å². The summed E-state index contributed by atoms with van der Waals surface area (Å²) in [5.74, 6) is 0.807. The van der Waals surface area contributed by atoms with Crippen LogP contribution in [0, 0.1) is 0 Å². The van der Waals surface area contributed by atoms with Crippen LogP contribution in [0.4, 0.5) is 0 Å². The van der Waals surface area contributed by atoms with Crippen molar-refractivity contribution < 1.29 is 0 Å².